The molecule has 0 saturated carbocycles. The van der Waals surface area contributed by atoms with Gasteiger partial charge in [0.15, 0.2) is 0 Å². The van der Waals surface area contributed by atoms with Crippen molar-refractivity contribution < 1.29 is 9.53 Å². The van der Waals surface area contributed by atoms with E-state index in [4.69, 9.17) is 16.3 Å². The van der Waals surface area contributed by atoms with Gasteiger partial charge in [-0.15, -0.1) is 11.6 Å². The molecule has 106 valence electrons. The molecular formula is C15H22ClNO2. The highest BCUT2D eigenvalue weighted by molar-refractivity contribution is 6.18. The molecule has 1 atom stereocenters. The molecule has 0 aromatic heterocycles. The van der Waals surface area contributed by atoms with Gasteiger partial charge in [0.2, 0.25) is 5.91 Å². The first kappa shape index (κ1) is 15.8. The van der Waals surface area contributed by atoms with Crippen LogP contribution < -0.4 is 10.1 Å². The molecule has 0 bridgehead atoms. The van der Waals surface area contributed by atoms with Crippen LogP contribution in [0, 0.1) is 5.92 Å². The van der Waals surface area contributed by atoms with Crippen LogP contribution in [0.2, 0.25) is 0 Å². The number of hydrogen-bond acceptors (Lipinski definition) is 2. The molecule has 0 aliphatic heterocycles. The maximum Gasteiger partial charge on any atom is 0.223 e. The fraction of sp³-hybridized carbons (Fsp3) is 0.533. The summed E-state index contributed by atoms with van der Waals surface area (Å²) >= 11 is 5.72. The van der Waals surface area contributed by atoms with Crippen LogP contribution >= 0.6 is 11.6 Å². The number of ether oxygens (including phenoxy) is 1. The molecule has 1 N–H and O–H groups in total. The zero-order chi connectivity index (χ0) is 13.9. The molecule has 0 radical (unpaired) electrons. The Hall–Kier alpha value is -1.22. The number of rotatable bonds is 9. The molecule has 1 unspecified atom stereocenters. The van der Waals surface area contributed by atoms with Gasteiger partial charge in [-0.2, -0.15) is 0 Å². The lowest BCUT2D eigenvalue weighted by Gasteiger charge is -2.09. The second-order valence-corrected chi connectivity index (χ2v) is 4.97. The van der Waals surface area contributed by atoms with Crippen molar-refractivity contribution >= 4 is 17.5 Å². The highest BCUT2D eigenvalue weighted by atomic mass is 35.5. The third-order valence-electron chi connectivity index (χ3n) is 2.80. The zero-order valence-electron chi connectivity index (χ0n) is 11.4. The molecule has 0 aliphatic rings. The maximum absolute atomic E-state index is 11.5. The average Bonchev–Trinajstić information content (AvgIpc) is 2.44. The predicted molar refractivity (Wildman–Crippen MR) is 78.7 cm³/mol. The number of nitrogens with one attached hydrogen (secondary N) is 1. The summed E-state index contributed by atoms with van der Waals surface area (Å²) in [4.78, 5) is 11.5. The molecule has 0 spiro atoms. The normalized spacial score (nSPS) is 11.9. The van der Waals surface area contributed by atoms with E-state index in [1.807, 2.05) is 30.3 Å². The Morgan fingerprint density at radius 1 is 1.37 bits per heavy atom. The minimum atomic E-state index is 0.0365. The van der Waals surface area contributed by atoms with Gasteiger partial charge >= 0.3 is 0 Å². The van der Waals surface area contributed by atoms with Gasteiger partial charge in [0.05, 0.1) is 13.0 Å². The lowest BCUT2D eigenvalue weighted by atomic mass is 10.1. The minimum absolute atomic E-state index is 0.0365. The Labute approximate surface area is 120 Å². The number of amides is 1. The molecule has 0 saturated heterocycles. The molecular weight excluding hydrogens is 262 g/mol. The van der Waals surface area contributed by atoms with E-state index >= 15 is 0 Å². The number of halogens is 1. The van der Waals surface area contributed by atoms with Crippen LogP contribution in [-0.4, -0.2) is 24.9 Å². The van der Waals surface area contributed by atoms with Gasteiger partial charge in [-0.05, 0) is 30.9 Å². The van der Waals surface area contributed by atoms with E-state index in [0.717, 1.165) is 18.6 Å². The van der Waals surface area contributed by atoms with Crippen molar-refractivity contribution in [1.82, 2.24) is 5.32 Å². The topological polar surface area (TPSA) is 38.3 Å². The Morgan fingerprint density at radius 3 is 2.79 bits per heavy atom. The van der Waals surface area contributed by atoms with E-state index < -0.39 is 0 Å². The fourth-order valence-electron chi connectivity index (χ4n) is 1.62. The Kier molecular flexibility index (Phi) is 8.07. The number of alkyl halides is 1. The molecule has 1 amide bonds. The first-order valence-corrected chi connectivity index (χ1v) is 7.26. The Morgan fingerprint density at radius 2 is 2.11 bits per heavy atom. The predicted octanol–water partition coefficient (Wildman–Crippen LogP) is 3.23. The van der Waals surface area contributed by atoms with Gasteiger partial charge in [0.1, 0.15) is 5.75 Å². The van der Waals surface area contributed by atoms with E-state index in [1.54, 1.807) is 0 Å². The van der Waals surface area contributed by atoms with Crippen molar-refractivity contribution in [2.24, 2.45) is 5.92 Å². The maximum atomic E-state index is 11.5. The van der Waals surface area contributed by atoms with Crippen molar-refractivity contribution in [3.8, 4) is 5.75 Å². The molecule has 1 aromatic rings. The first-order chi connectivity index (χ1) is 9.22. The van der Waals surface area contributed by atoms with E-state index in [1.165, 1.54) is 0 Å². The lowest BCUT2D eigenvalue weighted by molar-refractivity contribution is -0.121. The highest BCUT2D eigenvalue weighted by Gasteiger charge is 2.03. The first-order valence-electron chi connectivity index (χ1n) is 6.73. The van der Waals surface area contributed by atoms with Crippen LogP contribution in [0.25, 0.3) is 0 Å². The summed E-state index contributed by atoms with van der Waals surface area (Å²) in [6, 6.07) is 9.51. The van der Waals surface area contributed by atoms with E-state index in [2.05, 4.69) is 12.2 Å². The van der Waals surface area contributed by atoms with Crippen molar-refractivity contribution in [3.05, 3.63) is 30.3 Å². The molecule has 1 aromatic carbocycles. The largest absolute Gasteiger partial charge is 0.493 e. The van der Waals surface area contributed by atoms with Gasteiger partial charge in [0.25, 0.3) is 0 Å². The molecule has 1 rings (SSSR count). The molecule has 0 fully saturated rings. The number of para-hydroxylation sites is 1. The van der Waals surface area contributed by atoms with Crippen LogP contribution in [0.15, 0.2) is 30.3 Å². The third kappa shape index (κ3) is 7.73. The fourth-order valence-corrected chi connectivity index (χ4v) is 1.78. The summed E-state index contributed by atoms with van der Waals surface area (Å²) in [5.41, 5.74) is 0. The minimum Gasteiger partial charge on any atom is -0.493 e. The summed E-state index contributed by atoms with van der Waals surface area (Å²) in [5.74, 6) is 2.03. The van der Waals surface area contributed by atoms with E-state index in [0.29, 0.717) is 31.4 Å². The number of carbonyl (C=O) groups excluding carboxylic acids is 1. The summed E-state index contributed by atoms with van der Waals surface area (Å²) in [7, 11) is 0. The Balaban J connectivity index is 2.02. The quantitative estimate of drug-likeness (QED) is 0.558. The molecule has 3 nitrogen and oxygen atoms in total. The van der Waals surface area contributed by atoms with Gasteiger partial charge in [-0.25, -0.2) is 0 Å². The molecule has 4 heteroatoms. The molecule has 0 aliphatic carbocycles. The van der Waals surface area contributed by atoms with Crippen molar-refractivity contribution in [2.75, 3.05) is 19.0 Å². The zero-order valence-corrected chi connectivity index (χ0v) is 12.2. The van der Waals surface area contributed by atoms with Gasteiger partial charge < -0.3 is 10.1 Å². The smallest absolute Gasteiger partial charge is 0.223 e. The van der Waals surface area contributed by atoms with Crippen molar-refractivity contribution in [3.63, 3.8) is 0 Å². The lowest BCUT2D eigenvalue weighted by Crippen LogP contribution is -2.26. The average molecular weight is 284 g/mol. The van der Waals surface area contributed by atoms with Gasteiger partial charge in [-0.3, -0.25) is 4.79 Å². The third-order valence-corrected chi connectivity index (χ3v) is 3.33. The monoisotopic (exact) mass is 283 g/mol. The molecule has 19 heavy (non-hydrogen) atoms. The van der Waals surface area contributed by atoms with Crippen LogP contribution in [0.1, 0.15) is 26.2 Å². The second-order valence-electron chi connectivity index (χ2n) is 4.66. The van der Waals surface area contributed by atoms with Crippen molar-refractivity contribution in [1.29, 1.82) is 0 Å². The number of hydrogen-bond donors (Lipinski definition) is 1. The van der Waals surface area contributed by atoms with E-state index in [9.17, 15) is 4.79 Å². The highest BCUT2D eigenvalue weighted by Crippen LogP contribution is 2.08. The van der Waals surface area contributed by atoms with Crippen LogP contribution in [0.4, 0.5) is 0 Å². The molecule has 0 heterocycles. The summed E-state index contributed by atoms with van der Waals surface area (Å²) in [6.07, 6.45) is 2.41. The van der Waals surface area contributed by atoms with Crippen LogP contribution in [-0.2, 0) is 4.79 Å². The van der Waals surface area contributed by atoms with Crippen LogP contribution in [0.3, 0.4) is 0 Å². The summed E-state index contributed by atoms with van der Waals surface area (Å²) in [6.45, 7) is 3.24. The Bertz CT molecular complexity index is 356. The number of benzene rings is 1. The van der Waals surface area contributed by atoms with E-state index in [-0.39, 0.29) is 5.91 Å². The standard InChI is InChI=1S/C15H22ClNO2/c1-13(12-16)6-5-10-17-15(18)9-11-19-14-7-3-2-4-8-14/h2-4,7-8,13H,5-6,9-12H2,1H3,(H,17,18). The number of carbonyl (C=O) groups is 1. The van der Waals surface area contributed by atoms with Gasteiger partial charge in [0, 0.05) is 12.4 Å². The van der Waals surface area contributed by atoms with Gasteiger partial charge in [-0.1, -0.05) is 25.1 Å². The summed E-state index contributed by atoms with van der Waals surface area (Å²) < 4.78 is 5.46. The second kappa shape index (κ2) is 9.68. The summed E-state index contributed by atoms with van der Waals surface area (Å²) in [5, 5.41) is 2.89. The van der Waals surface area contributed by atoms with Crippen LogP contribution in [0.5, 0.6) is 5.75 Å². The SMILES string of the molecule is CC(CCl)CCCNC(=O)CCOc1ccccc1. The van der Waals surface area contributed by atoms with Crippen molar-refractivity contribution in [2.45, 2.75) is 26.2 Å².